The first-order valence-corrected chi connectivity index (χ1v) is 8.03. The summed E-state index contributed by atoms with van der Waals surface area (Å²) in [4.78, 5) is 16.6. The van der Waals surface area contributed by atoms with E-state index in [2.05, 4.69) is 4.98 Å². The van der Waals surface area contributed by atoms with Crippen LogP contribution in [0, 0.1) is 5.92 Å². The average molecular weight is 323 g/mol. The highest BCUT2D eigenvalue weighted by atomic mass is 16.4. The Labute approximate surface area is 140 Å². The number of nitrogen functional groups attached to an aromatic ring is 1. The van der Waals surface area contributed by atoms with Gasteiger partial charge >= 0.3 is 5.97 Å². The van der Waals surface area contributed by atoms with Crippen LogP contribution in [0.15, 0.2) is 48.5 Å². The van der Waals surface area contributed by atoms with Gasteiger partial charge in [-0.15, -0.1) is 0 Å². The van der Waals surface area contributed by atoms with Crippen LogP contribution in [0.1, 0.15) is 26.3 Å². The van der Waals surface area contributed by atoms with E-state index < -0.39 is 12.0 Å². The molecule has 0 fully saturated rings. The molecule has 2 aromatic carbocycles. The number of rotatable bonds is 5. The molecule has 3 rings (SSSR count). The Morgan fingerprint density at radius 3 is 2.46 bits per heavy atom. The molecule has 5 heteroatoms. The second kappa shape index (κ2) is 6.35. The molecular formula is C19H21N3O2. The number of carbonyl (C=O) groups is 1. The second-order valence-corrected chi connectivity index (χ2v) is 6.40. The maximum atomic E-state index is 11.9. The number of aliphatic carboxylic acids is 1. The molecule has 0 aliphatic heterocycles. The Balaban J connectivity index is 2.25. The highest BCUT2D eigenvalue weighted by Crippen LogP contribution is 2.31. The van der Waals surface area contributed by atoms with E-state index in [1.807, 2.05) is 54.8 Å². The number of carboxylic acid groups (broad SMARTS) is 1. The molecule has 0 radical (unpaired) electrons. The van der Waals surface area contributed by atoms with Crippen molar-refractivity contribution >= 4 is 22.7 Å². The van der Waals surface area contributed by atoms with Crippen molar-refractivity contribution in [1.82, 2.24) is 9.55 Å². The summed E-state index contributed by atoms with van der Waals surface area (Å²) in [6.45, 7) is 4.05. The first kappa shape index (κ1) is 16.1. The summed E-state index contributed by atoms with van der Waals surface area (Å²) in [6.07, 6.45) is 0.539. The fourth-order valence-electron chi connectivity index (χ4n) is 2.96. The lowest BCUT2D eigenvalue weighted by Gasteiger charge is -2.20. The lowest BCUT2D eigenvalue weighted by molar-refractivity contribution is -0.141. The maximum absolute atomic E-state index is 11.9. The molecule has 1 aromatic heterocycles. The number of imidazole rings is 1. The van der Waals surface area contributed by atoms with Crippen molar-refractivity contribution in [2.75, 3.05) is 5.73 Å². The first-order chi connectivity index (χ1) is 11.5. The van der Waals surface area contributed by atoms with Gasteiger partial charge in [0.05, 0.1) is 11.0 Å². The van der Waals surface area contributed by atoms with Gasteiger partial charge in [-0.2, -0.15) is 0 Å². The van der Waals surface area contributed by atoms with Gasteiger partial charge in [-0.3, -0.25) is 0 Å². The summed E-state index contributed by atoms with van der Waals surface area (Å²) in [7, 11) is 0. The third kappa shape index (κ3) is 2.97. The van der Waals surface area contributed by atoms with Gasteiger partial charge in [-0.25, -0.2) is 9.78 Å². The molecule has 124 valence electrons. The van der Waals surface area contributed by atoms with E-state index in [4.69, 9.17) is 5.73 Å². The molecule has 24 heavy (non-hydrogen) atoms. The Hall–Kier alpha value is -2.82. The van der Waals surface area contributed by atoms with E-state index in [-0.39, 0.29) is 5.92 Å². The van der Waals surface area contributed by atoms with Crippen LogP contribution < -0.4 is 5.73 Å². The number of hydrogen-bond acceptors (Lipinski definition) is 3. The number of nitrogens with zero attached hydrogens (tertiary/aromatic N) is 2. The minimum absolute atomic E-state index is 0.256. The molecule has 1 heterocycles. The van der Waals surface area contributed by atoms with Crippen LogP contribution >= 0.6 is 0 Å². The van der Waals surface area contributed by atoms with Crippen LogP contribution in [-0.2, 0) is 4.79 Å². The number of aromatic nitrogens is 2. The number of benzene rings is 2. The largest absolute Gasteiger partial charge is 0.480 e. The Kier molecular flexibility index (Phi) is 4.25. The fourth-order valence-corrected chi connectivity index (χ4v) is 2.96. The van der Waals surface area contributed by atoms with Gasteiger partial charge < -0.3 is 15.4 Å². The molecule has 0 saturated heterocycles. The number of anilines is 1. The van der Waals surface area contributed by atoms with Crippen molar-refractivity contribution in [3.8, 4) is 11.4 Å². The Bertz CT molecular complexity index is 866. The fraction of sp³-hybridized carbons (Fsp3) is 0.263. The molecule has 0 saturated carbocycles. The molecule has 3 N–H and O–H groups in total. The highest BCUT2D eigenvalue weighted by molar-refractivity contribution is 5.84. The van der Waals surface area contributed by atoms with Crippen molar-refractivity contribution < 1.29 is 9.90 Å². The Morgan fingerprint density at radius 2 is 1.83 bits per heavy atom. The van der Waals surface area contributed by atoms with E-state index in [0.29, 0.717) is 17.9 Å². The molecule has 0 bridgehead atoms. The topological polar surface area (TPSA) is 81.1 Å². The molecule has 0 aliphatic carbocycles. The van der Waals surface area contributed by atoms with Crippen LogP contribution in [0.2, 0.25) is 0 Å². The lowest BCUT2D eigenvalue weighted by Crippen LogP contribution is -2.21. The van der Waals surface area contributed by atoms with Crippen LogP contribution in [-0.4, -0.2) is 20.6 Å². The first-order valence-electron chi connectivity index (χ1n) is 8.03. The number of fused-ring (bicyclic) bond motifs is 1. The van der Waals surface area contributed by atoms with Crippen LogP contribution in [0.3, 0.4) is 0 Å². The molecular weight excluding hydrogens is 302 g/mol. The minimum Gasteiger partial charge on any atom is -0.480 e. The van der Waals surface area contributed by atoms with E-state index >= 15 is 0 Å². The third-order valence-corrected chi connectivity index (χ3v) is 4.06. The third-order valence-electron chi connectivity index (χ3n) is 4.06. The van der Waals surface area contributed by atoms with Crippen molar-refractivity contribution in [1.29, 1.82) is 0 Å². The van der Waals surface area contributed by atoms with Crippen molar-refractivity contribution in [2.24, 2.45) is 5.92 Å². The summed E-state index contributed by atoms with van der Waals surface area (Å²) in [5.74, 6) is 0.0688. The van der Waals surface area contributed by atoms with E-state index in [1.54, 1.807) is 12.1 Å². The average Bonchev–Trinajstić information content (AvgIpc) is 2.92. The standard InChI is InChI=1S/C19H21N3O2/c1-12(2)11-17(19(23)24)22-16-6-4-3-5-15(16)21-18(22)13-7-9-14(20)10-8-13/h3-10,12,17H,11,20H2,1-2H3,(H,23,24). The van der Waals surface area contributed by atoms with Crippen molar-refractivity contribution in [3.63, 3.8) is 0 Å². The number of para-hydroxylation sites is 2. The second-order valence-electron chi connectivity index (χ2n) is 6.40. The van der Waals surface area contributed by atoms with Crippen LogP contribution in [0.4, 0.5) is 5.69 Å². The molecule has 5 nitrogen and oxygen atoms in total. The minimum atomic E-state index is -0.844. The maximum Gasteiger partial charge on any atom is 0.326 e. The molecule has 3 aromatic rings. The SMILES string of the molecule is CC(C)CC(C(=O)O)n1c(-c2ccc(N)cc2)nc2ccccc21. The van der Waals surface area contributed by atoms with Crippen LogP contribution in [0.25, 0.3) is 22.4 Å². The summed E-state index contributed by atoms with van der Waals surface area (Å²) >= 11 is 0. The smallest absolute Gasteiger partial charge is 0.326 e. The van der Waals surface area contributed by atoms with Crippen molar-refractivity contribution in [2.45, 2.75) is 26.3 Å². The zero-order chi connectivity index (χ0) is 17.3. The Morgan fingerprint density at radius 1 is 1.17 bits per heavy atom. The van der Waals surface area contributed by atoms with Gasteiger partial charge in [-0.05, 0) is 48.7 Å². The van der Waals surface area contributed by atoms with Crippen molar-refractivity contribution in [3.05, 3.63) is 48.5 Å². The summed E-state index contributed by atoms with van der Waals surface area (Å²) < 4.78 is 1.84. The van der Waals surface area contributed by atoms with Gasteiger partial charge in [-0.1, -0.05) is 26.0 Å². The molecule has 0 spiro atoms. The predicted octanol–water partition coefficient (Wildman–Crippen LogP) is 3.96. The van der Waals surface area contributed by atoms with Gasteiger partial charge in [0.25, 0.3) is 0 Å². The van der Waals surface area contributed by atoms with Gasteiger partial charge in [0.15, 0.2) is 0 Å². The monoisotopic (exact) mass is 323 g/mol. The molecule has 0 aliphatic rings. The summed E-state index contributed by atoms with van der Waals surface area (Å²) in [5, 5.41) is 9.80. The normalized spacial score (nSPS) is 12.6. The number of carboxylic acids is 1. The van der Waals surface area contributed by atoms with Gasteiger partial charge in [0.2, 0.25) is 0 Å². The zero-order valence-electron chi connectivity index (χ0n) is 13.8. The lowest BCUT2D eigenvalue weighted by atomic mass is 10.0. The molecule has 1 unspecified atom stereocenters. The van der Waals surface area contributed by atoms with Gasteiger partial charge in [0, 0.05) is 11.3 Å². The highest BCUT2D eigenvalue weighted by Gasteiger charge is 2.26. The van der Waals surface area contributed by atoms with Crippen LogP contribution in [0.5, 0.6) is 0 Å². The molecule has 0 amide bonds. The van der Waals surface area contributed by atoms with E-state index in [9.17, 15) is 9.90 Å². The zero-order valence-corrected chi connectivity index (χ0v) is 13.8. The number of nitrogens with two attached hydrogens (primary N) is 1. The summed E-state index contributed by atoms with van der Waals surface area (Å²) in [5.41, 5.74) is 8.91. The predicted molar refractivity (Wildman–Crippen MR) is 95.7 cm³/mol. The molecule has 1 atom stereocenters. The summed E-state index contributed by atoms with van der Waals surface area (Å²) in [6, 6.07) is 14.3. The van der Waals surface area contributed by atoms with E-state index in [1.165, 1.54) is 0 Å². The van der Waals surface area contributed by atoms with Gasteiger partial charge in [0.1, 0.15) is 11.9 Å². The van der Waals surface area contributed by atoms with E-state index in [0.717, 1.165) is 16.6 Å². The number of hydrogen-bond donors (Lipinski definition) is 2. The quantitative estimate of drug-likeness (QED) is 0.696.